The Labute approximate surface area is 182 Å². The SMILES string of the molecule is CCNC(=NCc1ncccc1F)NCC(O)c1ccc(OC(C)C)cc1.I. The van der Waals surface area contributed by atoms with Gasteiger partial charge < -0.3 is 20.5 Å². The van der Waals surface area contributed by atoms with E-state index in [0.29, 0.717) is 12.5 Å². The highest BCUT2D eigenvalue weighted by Gasteiger charge is 2.10. The molecule has 0 bridgehead atoms. The number of aromatic nitrogens is 1. The Morgan fingerprint density at radius 2 is 1.93 bits per heavy atom. The van der Waals surface area contributed by atoms with Gasteiger partial charge in [0.25, 0.3) is 0 Å². The Kier molecular flexibility index (Phi) is 10.8. The second kappa shape index (κ2) is 12.5. The van der Waals surface area contributed by atoms with Crippen LogP contribution in [0.3, 0.4) is 0 Å². The lowest BCUT2D eigenvalue weighted by atomic mass is 10.1. The van der Waals surface area contributed by atoms with E-state index >= 15 is 0 Å². The summed E-state index contributed by atoms with van der Waals surface area (Å²) in [6.45, 7) is 6.88. The van der Waals surface area contributed by atoms with Crippen molar-refractivity contribution in [1.82, 2.24) is 15.6 Å². The number of aliphatic hydroxyl groups is 1. The minimum Gasteiger partial charge on any atom is -0.491 e. The smallest absolute Gasteiger partial charge is 0.191 e. The minimum absolute atomic E-state index is 0. The van der Waals surface area contributed by atoms with Gasteiger partial charge in [0, 0.05) is 19.3 Å². The minimum atomic E-state index is -0.714. The fraction of sp³-hybridized carbons (Fsp3) is 0.400. The molecule has 2 aromatic rings. The summed E-state index contributed by atoms with van der Waals surface area (Å²) in [5.74, 6) is 0.864. The number of benzene rings is 1. The van der Waals surface area contributed by atoms with Gasteiger partial charge in [0.2, 0.25) is 0 Å². The molecule has 1 aromatic heterocycles. The van der Waals surface area contributed by atoms with E-state index in [4.69, 9.17) is 4.74 Å². The number of aliphatic hydroxyl groups excluding tert-OH is 1. The first-order valence-electron chi connectivity index (χ1n) is 9.05. The van der Waals surface area contributed by atoms with Crippen LogP contribution in [0.1, 0.15) is 38.1 Å². The van der Waals surface area contributed by atoms with Gasteiger partial charge in [-0.2, -0.15) is 0 Å². The van der Waals surface area contributed by atoms with Gasteiger partial charge in [-0.15, -0.1) is 24.0 Å². The number of hydrogen-bond acceptors (Lipinski definition) is 4. The Bertz CT molecular complexity index is 741. The second-order valence-corrected chi connectivity index (χ2v) is 6.26. The van der Waals surface area contributed by atoms with E-state index in [1.807, 2.05) is 45.0 Å². The fourth-order valence-corrected chi connectivity index (χ4v) is 2.38. The fourth-order valence-electron chi connectivity index (χ4n) is 2.38. The molecule has 0 spiro atoms. The first-order valence-corrected chi connectivity index (χ1v) is 9.05. The third kappa shape index (κ3) is 7.97. The molecule has 3 N–H and O–H groups in total. The molecule has 8 heteroatoms. The summed E-state index contributed by atoms with van der Waals surface area (Å²) < 4.78 is 19.2. The molecule has 0 saturated heterocycles. The molecule has 154 valence electrons. The average Bonchev–Trinajstić information content (AvgIpc) is 2.65. The maximum absolute atomic E-state index is 13.7. The number of guanidine groups is 1. The van der Waals surface area contributed by atoms with Crippen LogP contribution in [0.25, 0.3) is 0 Å². The maximum Gasteiger partial charge on any atom is 0.191 e. The quantitative estimate of drug-likeness (QED) is 0.293. The van der Waals surface area contributed by atoms with E-state index in [1.54, 1.807) is 6.07 Å². The second-order valence-electron chi connectivity index (χ2n) is 6.26. The number of rotatable bonds is 8. The van der Waals surface area contributed by atoms with Crippen LogP contribution in [0, 0.1) is 5.82 Å². The van der Waals surface area contributed by atoms with E-state index < -0.39 is 6.10 Å². The highest BCUT2D eigenvalue weighted by atomic mass is 127. The van der Waals surface area contributed by atoms with Crippen molar-refractivity contribution in [1.29, 1.82) is 0 Å². The van der Waals surface area contributed by atoms with Crippen molar-refractivity contribution in [2.24, 2.45) is 4.99 Å². The van der Waals surface area contributed by atoms with E-state index in [1.165, 1.54) is 12.3 Å². The van der Waals surface area contributed by atoms with Gasteiger partial charge >= 0.3 is 0 Å². The number of aliphatic imine (C=N–C) groups is 1. The molecule has 0 saturated carbocycles. The molecule has 1 aromatic carbocycles. The summed E-state index contributed by atoms with van der Waals surface area (Å²) in [5, 5.41) is 16.5. The highest BCUT2D eigenvalue weighted by molar-refractivity contribution is 14.0. The Morgan fingerprint density at radius 1 is 1.21 bits per heavy atom. The third-order valence-corrected chi connectivity index (χ3v) is 3.67. The topological polar surface area (TPSA) is 78.8 Å². The summed E-state index contributed by atoms with van der Waals surface area (Å²) in [5.41, 5.74) is 1.04. The van der Waals surface area contributed by atoms with Crippen LogP contribution in [0.2, 0.25) is 0 Å². The van der Waals surface area contributed by atoms with Crippen LogP contribution < -0.4 is 15.4 Å². The first-order chi connectivity index (χ1) is 13.0. The van der Waals surface area contributed by atoms with Gasteiger partial charge in [-0.1, -0.05) is 12.1 Å². The van der Waals surface area contributed by atoms with Gasteiger partial charge in [-0.3, -0.25) is 4.98 Å². The number of nitrogens with one attached hydrogen (secondary N) is 2. The number of pyridine rings is 1. The zero-order chi connectivity index (χ0) is 19.6. The van der Waals surface area contributed by atoms with Crippen molar-refractivity contribution < 1.29 is 14.2 Å². The van der Waals surface area contributed by atoms with Gasteiger partial charge in [-0.05, 0) is 50.6 Å². The molecule has 0 aliphatic carbocycles. The van der Waals surface area contributed by atoms with E-state index in [2.05, 4.69) is 20.6 Å². The normalized spacial score (nSPS) is 12.3. The predicted molar refractivity (Wildman–Crippen MR) is 120 cm³/mol. The van der Waals surface area contributed by atoms with Crippen molar-refractivity contribution in [2.45, 2.75) is 39.5 Å². The van der Waals surface area contributed by atoms with Crippen molar-refractivity contribution in [2.75, 3.05) is 13.1 Å². The number of ether oxygens (including phenoxy) is 1. The maximum atomic E-state index is 13.7. The molecule has 0 amide bonds. The highest BCUT2D eigenvalue weighted by Crippen LogP contribution is 2.18. The molecule has 0 radical (unpaired) electrons. The summed E-state index contributed by atoms with van der Waals surface area (Å²) in [4.78, 5) is 8.30. The predicted octanol–water partition coefficient (Wildman–Crippen LogP) is 3.41. The Hall–Kier alpha value is -1.94. The third-order valence-electron chi connectivity index (χ3n) is 3.67. The molecule has 0 fully saturated rings. The van der Waals surface area contributed by atoms with Crippen LogP contribution in [0.4, 0.5) is 4.39 Å². The first kappa shape index (κ1) is 24.1. The zero-order valence-electron chi connectivity index (χ0n) is 16.4. The van der Waals surface area contributed by atoms with E-state index in [0.717, 1.165) is 11.3 Å². The van der Waals surface area contributed by atoms with Gasteiger partial charge in [-0.25, -0.2) is 9.38 Å². The lowest BCUT2D eigenvalue weighted by Gasteiger charge is -2.16. The monoisotopic (exact) mass is 502 g/mol. The largest absolute Gasteiger partial charge is 0.491 e. The summed E-state index contributed by atoms with van der Waals surface area (Å²) in [6, 6.07) is 10.2. The molecular weight excluding hydrogens is 474 g/mol. The number of hydrogen-bond donors (Lipinski definition) is 3. The molecule has 0 aliphatic heterocycles. The van der Waals surface area contributed by atoms with E-state index in [-0.39, 0.29) is 54.7 Å². The van der Waals surface area contributed by atoms with Gasteiger partial charge in [0.15, 0.2) is 5.96 Å². The Morgan fingerprint density at radius 3 is 2.54 bits per heavy atom. The summed E-state index contributed by atoms with van der Waals surface area (Å²) >= 11 is 0. The van der Waals surface area contributed by atoms with E-state index in [9.17, 15) is 9.50 Å². The van der Waals surface area contributed by atoms with Crippen molar-refractivity contribution in [3.8, 4) is 5.75 Å². The van der Waals surface area contributed by atoms with Crippen molar-refractivity contribution in [3.63, 3.8) is 0 Å². The molecule has 1 atom stereocenters. The van der Waals surface area contributed by atoms with Crippen molar-refractivity contribution >= 4 is 29.9 Å². The van der Waals surface area contributed by atoms with Crippen LogP contribution in [-0.2, 0) is 6.54 Å². The summed E-state index contributed by atoms with van der Waals surface area (Å²) in [7, 11) is 0. The molecule has 0 aliphatic rings. The molecule has 2 rings (SSSR count). The Balaban J connectivity index is 0.00000392. The lowest BCUT2D eigenvalue weighted by molar-refractivity contribution is 0.180. The van der Waals surface area contributed by atoms with Crippen LogP contribution in [0.15, 0.2) is 47.6 Å². The summed E-state index contributed by atoms with van der Waals surface area (Å²) in [6.07, 6.45) is 0.920. The molecule has 1 heterocycles. The van der Waals surface area contributed by atoms with Crippen LogP contribution in [0.5, 0.6) is 5.75 Å². The van der Waals surface area contributed by atoms with Crippen molar-refractivity contribution in [3.05, 3.63) is 59.7 Å². The molecule has 1 unspecified atom stereocenters. The average molecular weight is 502 g/mol. The molecule has 28 heavy (non-hydrogen) atoms. The molecule has 6 nitrogen and oxygen atoms in total. The lowest BCUT2D eigenvalue weighted by Crippen LogP contribution is -2.39. The zero-order valence-corrected chi connectivity index (χ0v) is 18.7. The molecular formula is C20H28FIN4O2. The number of nitrogens with zero attached hydrogens (tertiary/aromatic N) is 2. The standard InChI is InChI=1S/C20H27FN4O2.HI/c1-4-22-20(24-12-18-17(21)6-5-11-23-18)25-13-19(26)15-7-9-16(10-8-15)27-14(2)3;/h5-11,14,19,26H,4,12-13H2,1-3H3,(H2,22,24,25);1H. The van der Waals surface area contributed by atoms with Crippen LogP contribution >= 0.6 is 24.0 Å². The number of halogens is 2. The van der Waals surface area contributed by atoms with Gasteiger partial charge in [0.1, 0.15) is 11.6 Å². The van der Waals surface area contributed by atoms with Gasteiger partial charge in [0.05, 0.1) is 24.4 Å². The van der Waals surface area contributed by atoms with Crippen LogP contribution in [-0.4, -0.2) is 35.2 Å².